The van der Waals surface area contributed by atoms with Gasteiger partial charge in [-0.3, -0.25) is 0 Å². The Bertz CT molecular complexity index is 806. The van der Waals surface area contributed by atoms with Gasteiger partial charge in [-0.15, -0.1) is 11.3 Å². The molecule has 0 spiro atoms. The van der Waals surface area contributed by atoms with Crippen LogP contribution >= 0.6 is 11.3 Å². The molecule has 5 nitrogen and oxygen atoms in total. The molecular formula is C17H16N2O3S. The van der Waals surface area contributed by atoms with Gasteiger partial charge in [0, 0.05) is 24.5 Å². The van der Waals surface area contributed by atoms with Gasteiger partial charge in [0.25, 0.3) is 0 Å². The van der Waals surface area contributed by atoms with Gasteiger partial charge in [-0.1, -0.05) is 6.07 Å². The Hall–Kier alpha value is -2.60. The van der Waals surface area contributed by atoms with Gasteiger partial charge in [0.15, 0.2) is 5.70 Å². The monoisotopic (exact) mass is 328 g/mol. The Morgan fingerprint density at radius 1 is 1.26 bits per heavy atom. The van der Waals surface area contributed by atoms with Crippen LogP contribution in [0.25, 0.3) is 6.08 Å². The standard InChI is InChI=1S/C17H16N2O3S/c1-19(2)15-8-7-13(23-15)10-14-17(20)22-16(18-14)11-5-4-6-12(9-11)21-3/h4-10H,1-3H3. The van der Waals surface area contributed by atoms with Crippen molar-refractivity contribution in [1.29, 1.82) is 0 Å². The van der Waals surface area contributed by atoms with Gasteiger partial charge in [-0.2, -0.15) is 0 Å². The predicted octanol–water partition coefficient (Wildman–Crippen LogP) is 3.17. The van der Waals surface area contributed by atoms with E-state index < -0.39 is 5.97 Å². The number of ether oxygens (including phenoxy) is 2. The second kappa shape index (κ2) is 6.26. The Morgan fingerprint density at radius 3 is 2.78 bits per heavy atom. The number of anilines is 1. The van der Waals surface area contributed by atoms with Crippen LogP contribution in [0.3, 0.4) is 0 Å². The zero-order valence-electron chi connectivity index (χ0n) is 13.1. The summed E-state index contributed by atoms with van der Waals surface area (Å²) in [5.41, 5.74) is 1.01. The smallest absolute Gasteiger partial charge is 0.363 e. The molecule has 0 radical (unpaired) electrons. The molecule has 1 aromatic heterocycles. The highest BCUT2D eigenvalue weighted by Gasteiger charge is 2.24. The minimum Gasteiger partial charge on any atom is -0.497 e. The minimum absolute atomic E-state index is 0.296. The third-order valence-corrected chi connectivity index (χ3v) is 4.47. The van der Waals surface area contributed by atoms with Crippen LogP contribution in [0.5, 0.6) is 5.75 Å². The lowest BCUT2D eigenvalue weighted by Crippen LogP contribution is -2.05. The molecule has 3 rings (SSSR count). The summed E-state index contributed by atoms with van der Waals surface area (Å²) in [5.74, 6) is 0.541. The van der Waals surface area contributed by atoms with Crippen LogP contribution in [0, 0.1) is 0 Å². The molecule has 0 saturated carbocycles. The van der Waals surface area contributed by atoms with Crippen molar-refractivity contribution in [1.82, 2.24) is 0 Å². The summed E-state index contributed by atoms with van der Waals surface area (Å²) in [4.78, 5) is 19.3. The fourth-order valence-corrected chi connectivity index (χ4v) is 2.95. The topological polar surface area (TPSA) is 51.1 Å². The molecule has 118 valence electrons. The molecule has 0 bridgehead atoms. The summed E-state index contributed by atoms with van der Waals surface area (Å²) < 4.78 is 10.4. The first-order chi connectivity index (χ1) is 11.1. The van der Waals surface area contributed by atoms with Crippen LogP contribution in [0.2, 0.25) is 0 Å². The molecule has 2 heterocycles. The van der Waals surface area contributed by atoms with Crippen LogP contribution in [0.4, 0.5) is 5.00 Å². The highest BCUT2D eigenvalue weighted by molar-refractivity contribution is 7.16. The normalized spacial score (nSPS) is 15.5. The minimum atomic E-state index is -0.442. The molecule has 0 saturated heterocycles. The molecule has 1 aliphatic rings. The summed E-state index contributed by atoms with van der Waals surface area (Å²) in [6, 6.07) is 11.2. The van der Waals surface area contributed by atoms with Crippen molar-refractivity contribution in [3.8, 4) is 5.75 Å². The third kappa shape index (κ3) is 3.27. The van der Waals surface area contributed by atoms with Crippen molar-refractivity contribution in [2.45, 2.75) is 0 Å². The summed E-state index contributed by atoms with van der Waals surface area (Å²) in [7, 11) is 5.54. The molecular weight excluding hydrogens is 312 g/mol. The number of aliphatic imine (C=N–C) groups is 1. The lowest BCUT2D eigenvalue weighted by Gasteiger charge is -2.06. The zero-order valence-corrected chi connectivity index (χ0v) is 13.9. The molecule has 0 atom stereocenters. The van der Waals surface area contributed by atoms with Crippen molar-refractivity contribution >= 4 is 34.3 Å². The molecule has 23 heavy (non-hydrogen) atoms. The lowest BCUT2D eigenvalue weighted by atomic mass is 10.2. The number of nitrogens with zero attached hydrogens (tertiary/aromatic N) is 2. The van der Waals surface area contributed by atoms with E-state index >= 15 is 0 Å². The Morgan fingerprint density at radius 2 is 2.09 bits per heavy atom. The number of thiophene rings is 1. The maximum atomic E-state index is 12.0. The summed E-state index contributed by atoms with van der Waals surface area (Å²) in [6.07, 6.45) is 1.74. The molecule has 0 aliphatic carbocycles. The van der Waals surface area contributed by atoms with Gasteiger partial charge in [0.2, 0.25) is 5.90 Å². The molecule has 1 aromatic carbocycles. The van der Waals surface area contributed by atoms with Crippen molar-refractivity contribution in [2.24, 2.45) is 4.99 Å². The van der Waals surface area contributed by atoms with Gasteiger partial charge in [-0.25, -0.2) is 9.79 Å². The van der Waals surface area contributed by atoms with E-state index in [9.17, 15) is 4.79 Å². The number of rotatable bonds is 4. The number of cyclic esters (lactones) is 1. The first-order valence-electron chi connectivity index (χ1n) is 7.01. The largest absolute Gasteiger partial charge is 0.497 e. The van der Waals surface area contributed by atoms with Gasteiger partial charge in [0.1, 0.15) is 5.75 Å². The molecule has 2 aromatic rings. The summed E-state index contributed by atoms with van der Waals surface area (Å²) >= 11 is 1.59. The molecule has 0 unspecified atom stereocenters. The van der Waals surface area contributed by atoms with E-state index in [0.717, 1.165) is 9.88 Å². The van der Waals surface area contributed by atoms with Crippen LogP contribution in [0.15, 0.2) is 47.1 Å². The SMILES string of the molecule is COc1cccc(C2=NC(=Cc3ccc(N(C)C)s3)C(=O)O2)c1. The predicted molar refractivity (Wildman–Crippen MR) is 92.2 cm³/mol. The fraction of sp³-hybridized carbons (Fsp3) is 0.176. The van der Waals surface area contributed by atoms with Crippen molar-refractivity contribution in [3.05, 3.63) is 52.5 Å². The van der Waals surface area contributed by atoms with Crippen LogP contribution in [0.1, 0.15) is 10.4 Å². The van der Waals surface area contributed by atoms with Crippen molar-refractivity contribution in [2.75, 3.05) is 26.1 Å². The fourth-order valence-electron chi connectivity index (χ4n) is 2.08. The third-order valence-electron chi connectivity index (χ3n) is 3.27. The van der Waals surface area contributed by atoms with Gasteiger partial charge in [0.05, 0.1) is 12.1 Å². The van der Waals surface area contributed by atoms with Crippen molar-refractivity contribution in [3.63, 3.8) is 0 Å². The Balaban J connectivity index is 1.89. The maximum Gasteiger partial charge on any atom is 0.363 e. The van der Waals surface area contributed by atoms with E-state index in [2.05, 4.69) is 4.99 Å². The number of methoxy groups -OCH3 is 1. The van der Waals surface area contributed by atoms with Gasteiger partial charge in [-0.05, 0) is 36.4 Å². The number of hydrogen-bond acceptors (Lipinski definition) is 6. The van der Waals surface area contributed by atoms with Crippen molar-refractivity contribution < 1.29 is 14.3 Å². The van der Waals surface area contributed by atoms with Crippen LogP contribution < -0.4 is 9.64 Å². The zero-order chi connectivity index (χ0) is 16.4. The van der Waals surface area contributed by atoms with Crippen LogP contribution in [-0.2, 0) is 9.53 Å². The summed E-state index contributed by atoms with van der Waals surface area (Å²) in [6.45, 7) is 0. The number of carbonyl (C=O) groups excluding carboxylic acids is 1. The number of hydrogen-bond donors (Lipinski definition) is 0. The molecule has 1 aliphatic heterocycles. The summed E-state index contributed by atoms with van der Waals surface area (Å²) in [5, 5.41) is 1.11. The number of esters is 1. The van der Waals surface area contributed by atoms with E-state index in [4.69, 9.17) is 9.47 Å². The number of benzene rings is 1. The Kier molecular flexibility index (Phi) is 4.16. The number of carbonyl (C=O) groups is 1. The second-order valence-electron chi connectivity index (χ2n) is 5.14. The first kappa shape index (κ1) is 15.3. The molecule has 0 fully saturated rings. The van der Waals surface area contributed by atoms with E-state index in [1.807, 2.05) is 49.3 Å². The quantitative estimate of drug-likeness (QED) is 0.639. The Labute approximate surface area is 138 Å². The average Bonchev–Trinajstić information content (AvgIpc) is 3.15. The van der Waals surface area contributed by atoms with E-state index in [1.54, 1.807) is 30.6 Å². The van der Waals surface area contributed by atoms with E-state index in [1.165, 1.54) is 0 Å². The van der Waals surface area contributed by atoms with Gasteiger partial charge < -0.3 is 14.4 Å². The lowest BCUT2D eigenvalue weighted by molar-refractivity contribution is -0.129. The first-order valence-corrected chi connectivity index (χ1v) is 7.82. The van der Waals surface area contributed by atoms with Crippen LogP contribution in [-0.4, -0.2) is 33.1 Å². The molecule has 6 heteroatoms. The maximum absolute atomic E-state index is 12.0. The molecule has 0 N–H and O–H groups in total. The molecule has 0 amide bonds. The highest BCUT2D eigenvalue weighted by Crippen LogP contribution is 2.28. The highest BCUT2D eigenvalue weighted by atomic mass is 32.1. The average molecular weight is 328 g/mol. The van der Waals surface area contributed by atoms with Gasteiger partial charge >= 0.3 is 5.97 Å². The van der Waals surface area contributed by atoms with E-state index in [-0.39, 0.29) is 0 Å². The van der Waals surface area contributed by atoms with E-state index in [0.29, 0.717) is 22.9 Å². The second-order valence-corrected chi connectivity index (χ2v) is 6.23.